The van der Waals surface area contributed by atoms with Gasteiger partial charge in [0.25, 0.3) is 5.91 Å². The molecule has 0 aliphatic heterocycles. The summed E-state index contributed by atoms with van der Waals surface area (Å²) in [6.45, 7) is 3.64. The van der Waals surface area contributed by atoms with Gasteiger partial charge in [0.15, 0.2) is 0 Å². The number of hydrogen-bond acceptors (Lipinski definition) is 4. The summed E-state index contributed by atoms with van der Waals surface area (Å²) in [7, 11) is -3.49. The third-order valence-corrected chi connectivity index (χ3v) is 4.87. The number of rotatable bonds is 3. The third kappa shape index (κ3) is 1.68. The average molecular weight is 230 g/mol. The van der Waals surface area contributed by atoms with Gasteiger partial charge in [-0.3, -0.25) is 9.52 Å². The summed E-state index contributed by atoms with van der Waals surface area (Å²) in [5.41, 5.74) is 5.18. The van der Waals surface area contributed by atoms with E-state index in [4.69, 9.17) is 5.73 Å². The Balaban J connectivity index is 2.07. The van der Waals surface area contributed by atoms with E-state index in [0.29, 0.717) is 31.3 Å². The lowest BCUT2D eigenvalue weighted by Crippen LogP contribution is -2.61. The van der Waals surface area contributed by atoms with E-state index in [2.05, 4.69) is 6.58 Å². The maximum Gasteiger partial charge on any atom is 0.257 e. The monoisotopic (exact) mass is 230 g/mol. The van der Waals surface area contributed by atoms with Gasteiger partial charge in [0.05, 0.1) is 5.25 Å². The molecule has 2 saturated carbocycles. The lowest BCUT2D eigenvalue weighted by molar-refractivity contribution is -0.124. The van der Waals surface area contributed by atoms with Crippen molar-refractivity contribution >= 4 is 15.9 Å². The number of amides is 1. The first-order valence-electron chi connectivity index (χ1n) is 4.89. The highest BCUT2D eigenvalue weighted by Gasteiger charge is 2.47. The summed E-state index contributed by atoms with van der Waals surface area (Å²) in [5.74, 6) is -0.634. The summed E-state index contributed by atoms with van der Waals surface area (Å²) in [6.07, 6.45) is 2.41. The van der Waals surface area contributed by atoms with Crippen molar-refractivity contribution in [2.75, 3.05) is 0 Å². The Morgan fingerprint density at radius 3 is 2.47 bits per heavy atom. The van der Waals surface area contributed by atoms with E-state index >= 15 is 0 Å². The van der Waals surface area contributed by atoms with Gasteiger partial charge in [0, 0.05) is 0 Å². The molecule has 0 aromatic carbocycles. The van der Waals surface area contributed by atoms with Gasteiger partial charge >= 0.3 is 0 Å². The molecule has 2 aliphatic rings. The van der Waals surface area contributed by atoms with Crippen LogP contribution in [-0.4, -0.2) is 25.1 Å². The van der Waals surface area contributed by atoms with Crippen molar-refractivity contribution in [3.05, 3.63) is 12.2 Å². The fraction of sp³-hybridized carbons (Fsp3) is 0.667. The molecule has 0 heterocycles. The molecule has 2 aliphatic carbocycles. The summed E-state index contributed by atoms with van der Waals surface area (Å²) >= 11 is 0. The first kappa shape index (κ1) is 10.6. The highest BCUT2D eigenvalue weighted by atomic mass is 32.2. The number of hydrogen-bond donors (Lipinski definition) is 2. The van der Waals surface area contributed by atoms with Crippen LogP contribution in [0.2, 0.25) is 0 Å². The molecule has 0 aromatic rings. The van der Waals surface area contributed by atoms with Gasteiger partial charge in [-0.15, -0.1) is 0 Å². The Hall–Kier alpha value is -0.880. The first-order chi connectivity index (χ1) is 6.86. The minimum Gasteiger partial charge on any atom is -0.314 e. The zero-order chi connectivity index (χ0) is 11.3. The summed E-state index contributed by atoms with van der Waals surface area (Å²) in [4.78, 5) is 11.6. The standard InChI is InChI=1S/C9H14N2O3S/c1-6-4-5-9(6,10)8(12)11-15(13,14)7-2-3-7/h7H,1-5,10H2,(H,11,12). The van der Waals surface area contributed by atoms with E-state index in [1.165, 1.54) is 0 Å². The van der Waals surface area contributed by atoms with E-state index in [1.54, 1.807) is 0 Å². The largest absolute Gasteiger partial charge is 0.314 e. The lowest BCUT2D eigenvalue weighted by atomic mass is 9.73. The minimum atomic E-state index is -3.49. The molecule has 1 atom stereocenters. The molecule has 2 fully saturated rings. The summed E-state index contributed by atoms with van der Waals surface area (Å²) in [5, 5.41) is -0.404. The van der Waals surface area contributed by atoms with Crippen LogP contribution >= 0.6 is 0 Å². The molecule has 5 nitrogen and oxygen atoms in total. The van der Waals surface area contributed by atoms with Gasteiger partial charge in [-0.05, 0) is 31.3 Å². The van der Waals surface area contributed by atoms with E-state index in [-0.39, 0.29) is 0 Å². The molecule has 0 bridgehead atoms. The molecule has 84 valence electrons. The van der Waals surface area contributed by atoms with Crippen molar-refractivity contribution in [2.45, 2.75) is 36.5 Å². The zero-order valence-electron chi connectivity index (χ0n) is 8.32. The van der Waals surface area contributed by atoms with Crippen LogP contribution < -0.4 is 10.5 Å². The maximum absolute atomic E-state index is 11.6. The van der Waals surface area contributed by atoms with Crippen molar-refractivity contribution in [3.63, 3.8) is 0 Å². The Morgan fingerprint density at radius 2 is 2.13 bits per heavy atom. The van der Waals surface area contributed by atoms with Crippen LogP contribution in [-0.2, 0) is 14.8 Å². The maximum atomic E-state index is 11.6. The Morgan fingerprint density at radius 1 is 1.53 bits per heavy atom. The van der Waals surface area contributed by atoms with E-state index in [9.17, 15) is 13.2 Å². The molecule has 15 heavy (non-hydrogen) atoms. The van der Waals surface area contributed by atoms with E-state index in [0.717, 1.165) is 0 Å². The SMILES string of the molecule is C=C1CCC1(N)C(=O)NS(=O)(=O)C1CC1. The van der Waals surface area contributed by atoms with E-state index in [1.807, 2.05) is 4.72 Å². The predicted octanol–water partition coefficient (Wildman–Crippen LogP) is -0.358. The van der Waals surface area contributed by atoms with Gasteiger partial charge in [-0.1, -0.05) is 6.58 Å². The smallest absolute Gasteiger partial charge is 0.257 e. The number of sulfonamides is 1. The predicted molar refractivity (Wildman–Crippen MR) is 55.4 cm³/mol. The summed E-state index contributed by atoms with van der Waals surface area (Å²) in [6, 6.07) is 0. The first-order valence-corrected chi connectivity index (χ1v) is 6.44. The number of carbonyl (C=O) groups excluding carboxylic acids is 1. The van der Waals surface area contributed by atoms with Crippen LogP contribution in [0.5, 0.6) is 0 Å². The highest BCUT2D eigenvalue weighted by Crippen LogP contribution is 2.35. The Bertz CT molecular complexity index is 425. The lowest BCUT2D eigenvalue weighted by Gasteiger charge is -2.38. The zero-order valence-corrected chi connectivity index (χ0v) is 9.14. The van der Waals surface area contributed by atoms with E-state index < -0.39 is 26.7 Å². The second kappa shape index (κ2) is 3.05. The number of nitrogens with two attached hydrogens (primary N) is 1. The fourth-order valence-electron chi connectivity index (χ4n) is 1.53. The highest BCUT2D eigenvalue weighted by molar-refractivity contribution is 7.90. The number of carbonyl (C=O) groups is 1. The molecule has 0 radical (unpaired) electrons. The van der Waals surface area contributed by atoms with Crippen molar-refractivity contribution in [2.24, 2.45) is 5.73 Å². The van der Waals surface area contributed by atoms with Crippen LogP contribution in [0.4, 0.5) is 0 Å². The van der Waals surface area contributed by atoms with Gasteiger partial charge in [0.1, 0.15) is 5.54 Å². The molecule has 0 saturated heterocycles. The molecular weight excluding hydrogens is 216 g/mol. The topological polar surface area (TPSA) is 89.3 Å². The third-order valence-electron chi connectivity index (χ3n) is 3.06. The Kier molecular flexibility index (Phi) is 2.16. The molecule has 3 N–H and O–H groups in total. The van der Waals surface area contributed by atoms with Crippen LogP contribution in [0.1, 0.15) is 25.7 Å². The second-order valence-corrected chi connectivity index (χ2v) is 6.21. The average Bonchev–Trinajstić information content (AvgIpc) is 2.96. The molecule has 2 rings (SSSR count). The molecule has 0 spiro atoms. The quantitative estimate of drug-likeness (QED) is 0.648. The Labute approximate surface area is 88.8 Å². The normalized spacial score (nSPS) is 30.9. The van der Waals surface area contributed by atoms with Crippen LogP contribution in [0.25, 0.3) is 0 Å². The number of nitrogens with one attached hydrogen (secondary N) is 1. The van der Waals surface area contributed by atoms with Gasteiger partial charge < -0.3 is 5.73 Å². The molecular formula is C9H14N2O3S. The van der Waals surface area contributed by atoms with Crippen LogP contribution in [0.3, 0.4) is 0 Å². The van der Waals surface area contributed by atoms with Crippen LogP contribution in [0, 0.1) is 0 Å². The van der Waals surface area contributed by atoms with Crippen molar-refractivity contribution in [3.8, 4) is 0 Å². The fourth-order valence-corrected chi connectivity index (χ4v) is 2.89. The second-order valence-electron chi connectivity index (χ2n) is 4.25. The van der Waals surface area contributed by atoms with Crippen LogP contribution in [0.15, 0.2) is 12.2 Å². The van der Waals surface area contributed by atoms with Gasteiger partial charge in [-0.25, -0.2) is 8.42 Å². The summed E-state index contributed by atoms with van der Waals surface area (Å²) < 4.78 is 25.0. The molecule has 1 amide bonds. The van der Waals surface area contributed by atoms with Gasteiger partial charge in [-0.2, -0.15) is 0 Å². The molecule has 6 heteroatoms. The van der Waals surface area contributed by atoms with Gasteiger partial charge in [0.2, 0.25) is 10.0 Å². The van der Waals surface area contributed by atoms with Crippen molar-refractivity contribution < 1.29 is 13.2 Å². The molecule has 0 aromatic heterocycles. The van der Waals surface area contributed by atoms with Crippen molar-refractivity contribution in [1.82, 2.24) is 4.72 Å². The van der Waals surface area contributed by atoms with Crippen molar-refractivity contribution in [1.29, 1.82) is 0 Å². The molecule has 1 unspecified atom stereocenters. The minimum absolute atomic E-state index is 0.404.